The molecule has 5 heteroatoms. The van der Waals surface area contributed by atoms with Gasteiger partial charge in [0.2, 0.25) is 0 Å². The van der Waals surface area contributed by atoms with Crippen LogP contribution in [0.25, 0.3) is 0 Å². The van der Waals surface area contributed by atoms with E-state index in [0.29, 0.717) is 11.5 Å². The highest BCUT2D eigenvalue weighted by molar-refractivity contribution is 5.92. The number of nitrogens with one attached hydrogen (secondary N) is 1. The number of hydrogen-bond donors (Lipinski definition) is 2. The van der Waals surface area contributed by atoms with Crippen molar-refractivity contribution in [1.82, 2.24) is 10.5 Å². The Morgan fingerprint density at radius 2 is 2.53 bits per heavy atom. The topological polar surface area (TPSA) is 75.4 Å². The average molecular weight is 238 g/mol. The number of aliphatic hydroxyl groups is 1. The fraction of sp³-hybridized carbons (Fsp3) is 0.667. The van der Waals surface area contributed by atoms with Crippen molar-refractivity contribution in [3.63, 3.8) is 0 Å². The van der Waals surface area contributed by atoms with Gasteiger partial charge in [0.05, 0.1) is 6.61 Å². The number of carbonyl (C=O) groups is 1. The molecule has 2 N–H and O–H groups in total. The van der Waals surface area contributed by atoms with Crippen LogP contribution >= 0.6 is 0 Å². The molecule has 17 heavy (non-hydrogen) atoms. The molecule has 0 aliphatic heterocycles. The summed E-state index contributed by atoms with van der Waals surface area (Å²) in [5.41, 5.74) is 0.0868. The number of hydrogen-bond acceptors (Lipinski definition) is 4. The summed E-state index contributed by atoms with van der Waals surface area (Å²) in [5, 5.41) is 16.0. The average Bonchev–Trinajstić information content (AvgIpc) is 2.87. The van der Waals surface area contributed by atoms with Crippen LogP contribution < -0.4 is 5.32 Å². The molecule has 0 bridgehead atoms. The van der Waals surface area contributed by atoms with Crippen LogP contribution in [0.4, 0.5) is 0 Å². The highest BCUT2D eigenvalue weighted by Gasteiger charge is 2.39. The van der Waals surface area contributed by atoms with Gasteiger partial charge in [-0.1, -0.05) is 18.5 Å². The number of nitrogens with zero attached hydrogens (tertiary/aromatic N) is 1. The molecule has 1 aliphatic rings. The molecule has 2 rings (SSSR count). The van der Waals surface area contributed by atoms with Crippen molar-refractivity contribution < 1.29 is 14.4 Å². The lowest BCUT2D eigenvalue weighted by Crippen LogP contribution is -2.44. The predicted molar refractivity (Wildman–Crippen MR) is 61.5 cm³/mol. The van der Waals surface area contributed by atoms with E-state index < -0.39 is 0 Å². The van der Waals surface area contributed by atoms with E-state index in [2.05, 4.69) is 10.5 Å². The molecule has 1 aromatic rings. The number of amides is 1. The Balaban J connectivity index is 2.04. The summed E-state index contributed by atoms with van der Waals surface area (Å²) in [5.74, 6) is 0.389. The van der Waals surface area contributed by atoms with Crippen molar-refractivity contribution >= 4 is 5.91 Å². The van der Waals surface area contributed by atoms with E-state index in [1.54, 1.807) is 13.0 Å². The van der Waals surface area contributed by atoms with Crippen molar-refractivity contribution in [3.8, 4) is 0 Å². The summed E-state index contributed by atoms with van der Waals surface area (Å²) < 4.78 is 4.87. The van der Waals surface area contributed by atoms with Crippen LogP contribution in [0.5, 0.6) is 0 Å². The Labute approximate surface area is 100 Å². The lowest BCUT2D eigenvalue weighted by Gasteiger charge is -2.29. The Bertz CT molecular complexity index is 416. The highest BCUT2D eigenvalue weighted by Crippen LogP contribution is 2.37. The zero-order chi connectivity index (χ0) is 12.5. The van der Waals surface area contributed by atoms with E-state index in [0.717, 1.165) is 19.3 Å². The van der Waals surface area contributed by atoms with Gasteiger partial charge >= 0.3 is 0 Å². The van der Waals surface area contributed by atoms with Gasteiger partial charge in [0, 0.05) is 17.5 Å². The number of aryl methyl sites for hydroxylation is 1. The maximum absolute atomic E-state index is 11.9. The Hall–Kier alpha value is -1.36. The maximum atomic E-state index is 11.9. The third-order valence-corrected chi connectivity index (χ3v) is 3.61. The molecule has 2 unspecified atom stereocenters. The van der Waals surface area contributed by atoms with Crippen LogP contribution in [0, 0.1) is 12.3 Å². The highest BCUT2D eigenvalue weighted by atomic mass is 16.5. The quantitative estimate of drug-likeness (QED) is 0.831. The van der Waals surface area contributed by atoms with Crippen LogP contribution in [-0.4, -0.2) is 28.8 Å². The Kier molecular flexibility index (Phi) is 3.19. The molecule has 1 amide bonds. The molecule has 94 valence electrons. The Morgan fingerprint density at radius 1 is 1.76 bits per heavy atom. The van der Waals surface area contributed by atoms with E-state index >= 15 is 0 Å². The third-order valence-electron chi connectivity index (χ3n) is 3.61. The van der Waals surface area contributed by atoms with Crippen LogP contribution in [0.1, 0.15) is 42.4 Å². The molecule has 2 atom stereocenters. The van der Waals surface area contributed by atoms with Crippen LogP contribution in [0.2, 0.25) is 0 Å². The van der Waals surface area contributed by atoms with E-state index in [9.17, 15) is 9.90 Å². The van der Waals surface area contributed by atoms with E-state index in [1.807, 2.05) is 6.92 Å². The summed E-state index contributed by atoms with van der Waals surface area (Å²) in [6.07, 6.45) is 2.87. The molecular weight excluding hydrogens is 220 g/mol. The molecule has 1 aliphatic carbocycles. The van der Waals surface area contributed by atoms with Gasteiger partial charge in [-0.3, -0.25) is 4.79 Å². The molecule has 1 aromatic heterocycles. The monoisotopic (exact) mass is 238 g/mol. The lowest BCUT2D eigenvalue weighted by atomic mass is 9.86. The fourth-order valence-corrected chi connectivity index (χ4v) is 2.37. The second kappa shape index (κ2) is 4.49. The standard InChI is InChI=1S/C12H18N2O3/c1-8-6-9(14-17-8)11(16)13-10-4-3-5-12(10,2)7-15/h6,10,15H,3-5,7H2,1-2H3,(H,13,16). The molecule has 0 aromatic carbocycles. The van der Waals surface area contributed by atoms with Gasteiger partial charge in [-0.15, -0.1) is 0 Å². The molecule has 1 saturated carbocycles. The number of carbonyl (C=O) groups excluding carboxylic acids is 1. The van der Waals surface area contributed by atoms with Gasteiger partial charge in [0.25, 0.3) is 5.91 Å². The van der Waals surface area contributed by atoms with Gasteiger partial charge in [0.15, 0.2) is 5.69 Å². The number of aromatic nitrogens is 1. The first kappa shape index (κ1) is 12.1. The first-order valence-electron chi connectivity index (χ1n) is 5.90. The summed E-state index contributed by atoms with van der Waals surface area (Å²) in [7, 11) is 0. The first-order chi connectivity index (χ1) is 8.05. The largest absolute Gasteiger partial charge is 0.396 e. The van der Waals surface area contributed by atoms with Gasteiger partial charge in [-0.25, -0.2) is 0 Å². The summed E-state index contributed by atoms with van der Waals surface area (Å²) >= 11 is 0. The van der Waals surface area contributed by atoms with Gasteiger partial charge in [-0.2, -0.15) is 0 Å². The van der Waals surface area contributed by atoms with Crippen LogP contribution in [0.3, 0.4) is 0 Å². The Morgan fingerprint density at radius 3 is 3.12 bits per heavy atom. The fourth-order valence-electron chi connectivity index (χ4n) is 2.37. The van der Waals surface area contributed by atoms with Crippen molar-refractivity contribution in [2.24, 2.45) is 5.41 Å². The minimum atomic E-state index is -0.228. The minimum absolute atomic E-state index is 0.0111. The zero-order valence-corrected chi connectivity index (χ0v) is 10.2. The van der Waals surface area contributed by atoms with Crippen LogP contribution in [-0.2, 0) is 0 Å². The van der Waals surface area contributed by atoms with Gasteiger partial charge in [0.1, 0.15) is 5.76 Å². The normalized spacial score (nSPS) is 28.3. The first-order valence-corrected chi connectivity index (χ1v) is 5.90. The van der Waals surface area contributed by atoms with Crippen molar-refractivity contribution in [1.29, 1.82) is 0 Å². The maximum Gasteiger partial charge on any atom is 0.273 e. The van der Waals surface area contributed by atoms with Crippen molar-refractivity contribution in [2.75, 3.05) is 6.61 Å². The molecule has 1 heterocycles. The summed E-state index contributed by atoms with van der Waals surface area (Å²) in [6.45, 7) is 3.84. The van der Waals surface area contributed by atoms with E-state index in [1.165, 1.54) is 0 Å². The second-order valence-corrected chi connectivity index (χ2v) is 5.05. The summed E-state index contributed by atoms with van der Waals surface area (Å²) in [6, 6.07) is 1.62. The molecule has 1 fully saturated rings. The smallest absolute Gasteiger partial charge is 0.273 e. The molecule has 5 nitrogen and oxygen atoms in total. The number of aliphatic hydroxyl groups excluding tert-OH is 1. The second-order valence-electron chi connectivity index (χ2n) is 5.05. The minimum Gasteiger partial charge on any atom is -0.396 e. The molecule has 0 radical (unpaired) electrons. The van der Waals surface area contributed by atoms with Crippen molar-refractivity contribution in [3.05, 3.63) is 17.5 Å². The van der Waals surface area contributed by atoms with Gasteiger partial charge in [-0.05, 0) is 19.8 Å². The zero-order valence-electron chi connectivity index (χ0n) is 10.2. The van der Waals surface area contributed by atoms with E-state index in [4.69, 9.17) is 4.52 Å². The molecule has 0 spiro atoms. The van der Waals surface area contributed by atoms with Gasteiger partial charge < -0.3 is 14.9 Å². The van der Waals surface area contributed by atoms with Crippen LogP contribution in [0.15, 0.2) is 10.6 Å². The van der Waals surface area contributed by atoms with Crippen molar-refractivity contribution in [2.45, 2.75) is 39.2 Å². The molecular formula is C12H18N2O3. The third kappa shape index (κ3) is 2.34. The SMILES string of the molecule is Cc1cc(C(=O)NC2CCCC2(C)CO)no1. The number of rotatable bonds is 3. The summed E-state index contributed by atoms with van der Waals surface area (Å²) in [4.78, 5) is 11.9. The van der Waals surface area contributed by atoms with E-state index in [-0.39, 0.29) is 24.0 Å². The lowest BCUT2D eigenvalue weighted by molar-refractivity contribution is 0.0822. The predicted octanol–water partition coefficient (Wildman–Crippen LogP) is 1.26. The molecule has 0 saturated heterocycles.